The second-order valence-corrected chi connectivity index (χ2v) is 5.73. The van der Waals surface area contributed by atoms with E-state index in [4.69, 9.17) is 4.74 Å². The predicted octanol–water partition coefficient (Wildman–Crippen LogP) is 2.02. The van der Waals surface area contributed by atoms with Gasteiger partial charge in [-0.05, 0) is 31.9 Å². The van der Waals surface area contributed by atoms with E-state index in [1.54, 1.807) is 19.1 Å². The summed E-state index contributed by atoms with van der Waals surface area (Å²) >= 11 is 0. The molecule has 1 aromatic carbocycles. The first-order chi connectivity index (χ1) is 10.6. The number of benzene rings is 1. The van der Waals surface area contributed by atoms with Crippen molar-refractivity contribution in [1.29, 1.82) is 0 Å². The van der Waals surface area contributed by atoms with E-state index in [1.165, 1.54) is 6.42 Å². The van der Waals surface area contributed by atoms with Gasteiger partial charge in [-0.3, -0.25) is 9.59 Å². The fourth-order valence-corrected chi connectivity index (χ4v) is 2.59. The van der Waals surface area contributed by atoms with Gasteiger partial charge in [0, 0.05) is 6.04 Å². The van der Waals surface area contributed by atoms with Gasteiger partial charge in [-0.1, -0.05) is 37.5 Å². The fourth-order valence-electron chi connectivity index (χ4n) is 2.59. The molecular formula is C17H24N2O3. The van der Waals surface area contributed by atoms with Gasteiger partial charge >= 0.3 is 0 Å². The van der Waals surface area contributed by atoms with Crippen molar-refractivity contribution in [3.8, 4) is 5.75 Å². The average Bonchev–Trinajstić information content (AvgIpc) is 2.55. The standard InChI is InChI=1S/C17H24N2O3/c1-13(17(21)19-14-8-4-2-5-9-14)18-16(20)12-22-15-10-6-3-7-11-15/h3,6-7,10-11,13-14H,2,4-5,8-9,12H2,1H3,(H,18,20)(H,19,21)/t13-/m0/s1. The van der Waals surface area contributed by atoms with Gasteiger partial charge in [-0.25, -0.2) is 0 Å². The molecule has 120 valence electrons. The molecule has 5 nitrogen and oxygen atoms in total. The molecule has 2 amide bonds. The number of rotatable bonds is 6. The van der Waals surface area contributed by atoms with Crippen LogP contribution in [0.1, 0.15) is 39.0 Å². The lowest BCUT2D eigenvalue weighted by Crippen LogP contribution is -2.49. The second-order valence-electron chi connectivity index (χ2n) is 5.73. The maximum absolute atomic E-state index is 12.1. The molecule has 1 fully saturated rings. The van der Waals surface area contributed by atoms with Gasteiger partial charge in [0.1, 0.15) is 11.8 Å². The second kappa shape index (κ2) is 8.41. The van der Waals surface area contributed by atoms with E-state index in [0.29, 0.717) is 5.75 Å². The van der Waals surface area contributed by atoms with E-state index >= 15 is 0 Å². The molecule has 1 aromatic rings. The lowest BCUT2D eigenvalue weighted by molar-refractivity contribution is -0.130. The van der Waals surface area contributed by atoms with Crippen molar-refractivity contribution in [2.45, 2.75) is 51.1 Å². The molecule has 1 aliphatic rings. The molecule has 1 aliphatic carbocycles. The highest BCUT2D eigenvalue weighted by Crippen LogP contribution is 2.17. The van der Waals surface area contributed by atoms with Crippen molar-refractivity contribution in [3.05, 3.63) is 30.3 Å². The molecule has 0 radical (unpaired) electrons. The van der Waals surface area contributed by atoms with E-state index in [2.05, 4.69) is 10.6 Å². The quantitative estimate of drug-likeness (QED) is 0.845. The van der Waals surface area contributed by atoms with Crippen LogP contribution in [0.5, 0.6) is 5.75 Å². The molecule has 0 saturated heterocycles. The van der Waals surface area contributed by atoms with Gasteiger partial charge in [0.2, 0.25) is 5.91 Å². The predicted molar refractivity (Wildman–Crippen MR) is 84.6 cm³/mol. The van der Waals surface area contributed by atoms with Gasteiger partial charge in [-0.2, -0.15) is 0 Å². The molecule has 0 aromatic heterocycles. The number of hydrogen-bond acceptors (Lipinski definition) is 3. The Morgan fingerprint density at radius 2 is 1.86 bits per heavy atom. The summed E-state index contributed by atoms with van der Waals surface area (Å²) in [5.74, 6) is 0.215. The number of amides is 2. The average molecular weight is 304 g/mol. The van der Waals surface area contributed by atoms with Crippen molar-refractivity contribution >= 4 is 11.8 Å². The van der Waals surface area contributed by atoms with Gasteiger partial charge < -0.3 is 15.4 Å². The van der Waals surface area contributed by atoms with Crippen LogP contribution in [0, 0.1) is 0 Å². The zero-order valence-electron chi connectivity index (χ0n) is 13.0. The molecule has 0 heterocycles. The van der Waals surface area contributed by atoms with E-state index < -0.39 is 6.04 Å². The van der Waals surface area contributed by atoms with Crippen LogP contribution in [0.2, 0.25) is 0 Å². The van der Waals surface area contributed by atoms with Crippen LogP contribution in [-0.2, 0) is 9.59 Å². The molecule has 0 unspecified atom stereocenters. The zero-order chi connectivity index (χ0) is 15.8. The van der Waals surface area contributed by atoms with Gasteiger partial charge in [0.25, 0.3) is 5.91 Å². The summed E-state index contributed by atoms with van der Waals surface area (Å²) in [6.07, 6.45) is 5.63. The highest BCUT2D eigenvalue weighted by Gasteiger charge is 2.20. The minimum atomic E-state index is -0.547. The molecule has 0 spiro atoms. The maximum atomic E-state index is 12.1. The molecule has 22 heavy (non-hydrogen) atoms. The number of carbonyl (C=O) groups is 2. The molecule has 2 rings (SSSR count). The summed E-state index contributed by atoms with van der Waals surface area (Å²) in [4.78, 5) is 23.9. The molecule has 1 atom stereocenters. The van der Waals surface area contributed by atoms with Crippen molar-refractivity contribution in [3.63, 3.8) is 0 Å². The van der Waals surface area contributed by atoms with Gasteiger partial charge in [-0.15, -0.1) is 0 Å². The third kappa shape index (κ3) is 5.39. The SMILES string of the molecule is C[C@H](NC(=O)COc1ccccc1)C(=O)NC1CCCCC1. The van der Waals surface area contributed by atoms with Crippen LogP contribution in [0.15, 0.2) is 30.3 Å². The Labute approximate surface area is 131 Å². The normalized spacial score (nSPS) is 16.6. The highest BCUT2D eigenvalue weighted by molar-refractivity contribution is 5.87. The minimum absolute atomic E-state index is 0.0922. The Morgan fingerprint density at radius 3 is 2.55 bits per heavy atom. The smallest absolute Gasteiger partial charge is 0.258 e. The third-order valence-electron chi connectivity index (χ3n) is 3.84. The first kappa shape index (κ1) is 16.3. The number of hydrogen-bond donors (Lipinski definition) is 2. The summed E-state index contributed by atoms with van der Waals surface area (Å²) in [6.45, 7) is 1.60. The topological polar surface area (TPSA) is 67.4 Å². The molecule has 0 bridgehead atoms. The minimum Gasteiger partial charge on any atom is -0.484 e. The van der Waals surface area contributed by atoms with Crippen LogP contribution in [0.4, 0.5) is 0 Å². The van der Waals surface area contributed by atoms with Crippen molar-refractivity contribution in [2.75, 3.05) is 6.61 Å². The van der Waals surface area contributed by atoms with Crippen LogP contribution in [-0.4, -0.2) is 30.5 Å². The van der Waals surface area contributed by atoms with Gasteiger partial charge in [0.05, 0.1) is 0 Å². The van der Waals surface area contributed by atoms with E-state index in [1.807, 2.05) is 18.2 Å². The number of nitrogens with one attached hydrogen (secondary N) is 2. The molecule has 2 N–H and O–H groups in total. The van der Waals surface area contributed by atoms with E-state index in [9.17, 15) is 9.59 Å². The first-order valence-electron chi connectivity index (χ1n) is 7.93. The largest absolute Gasteiger partial charge is 0.484 e. The summed E-state index contributed by atoms with van der Waals surface area (Å²) in [5.41, 5.74) is 0. The Bertz CT molecular complexity index is 484. The highest BCUT2D eigenvalue weighted by atomic mass is 16.5. The monoisotopic (exact) mass is 304 g/mol. The molecule has 0 aliphatic heterocycles. The van der Waals surface area contributed by atoms with Crippen LogP contribution < -0.4 is 15.4 Å². The molecular weight excluding hydrogens is 280 g/mol. The van der Waals surface area contributed by atoms with Crippen molar-refractivity contribution in [2.24, 2.45) is 0 Å². The van der Waals surface area contributed by atoms with Crippen molar-refractivity contribution in [1.82, 2.24) is 10.6 Å². The Hall–Kier alpha value is -2.04. The van der Waals surface area contributed by atoms with Crippen molar-refractivity contribution < 1.29 is 14.3 Å². The summed E-state index contributed by atoms with van der Waals surface area (Å²) in [7, 11) is 0. The van der Waals surface area contributed by atoms with Crippen LogP contribution in [0.3, 0.4) is 0 Å². The van der Waals surface area contributed by atoms with Crippen LogP contribution >= 0.6 is 0 Å². The summed E-state index contributed by atoms with van der Waals surface area (Å²) in [6, 6.07) is 8.83. The molecule has 1 saturated carbocycles. The summed E-state index contributed by atoms with van der Waals surface area (Å²) < 4.78 is 5.35. The molecule has 5 heteroatoms. The summed E-state index contributed by atoms with van der Waals surface area (Å²) in [5, 5.41) is 5.67. The Balaban J connectivity index is 1.69. The number of ether oxygens (including phenoxy) is 1. The zero-order valence-corrected chi connectivity index (χ0v) is 13.0. The fraction of sp³-hybridized carbons (Fsp3) is 0.529. The van der Waals surface area contributed by atoms with Crippen LogP contribution in [0.25, 0.3) is 0 Å². The number of para-hydroxylation sites is 1. The number of carbonyl (C=O) groups excluding carboxylic acids is 2. The van der Waals surface area contributed by atoms with Gasteiger partial charge in [0.15, 0.2) is 6.61 Å². The lowest BCUT2D eigenvalue weighted by Gasteiger charge is -2.24. The van der Waals surface area contributed by atoms with E-state index in [0.717, 1.165) is 25.7 Å². The first-order valence-corrected chi connectivity index (χ1v) is 7.93. The third-order valence-corrected chi connectivity index (χ3v) is 3.84. The Kier molecular flexibility index (Phi) is 6.25. The van der Waals surface area contributed by atoms with E-state index in [-0.39, 0.29) is 24.5 Å². The lowest BCUT2D eigenvalue weighted by atomic mass is 9.95. The Morgan fingerprint density at radius 1 is 1.18 bits per heavy atom. The maximum Gasteiger partial charge on any atom is 0.258 e.